The number of pyridine rings is 1. The molecule has 0 saturated carbocycles. The Morgan fingerprint density at radius 3 is 2.88 bits per heavy atom. The highest BCUT2D eigenvalue weighted by molar-refractivity contribution is 7.18. The maximum absolute atomic E-state index is 11.5. The number of aromatic nitrogens is 1. The molecule has 1 unspecified atom stereocenters. The molecule has 2 aromatic rings. The van der Waals surface area contributed by atoms with Crippen LogP contribution in [0, 0.1) is 11.3 Å². The lowest BCUT2D eigenvalue weighted by Crippen LogP contribution is -2.27. The summed E-state index contributed by atoms with van der Waals surface area (Å²) in [6.07, 6.45) is 4.65. The van der Waals surface area contributed by atoms with Crippen molar-refractivity contribution in [2.45, 2.75) is 59.8 Å². The van der Waals surface area contributed by atoms with Gasteiger partial charge in [-0.25, -0.2) is 4.98 Å². The van der Waals surface area contributed by atoms with Gasteiger partial charge in [0, 0.05) is 16.0 Å². The molecular weight excluding hydrogens is 318 g/mol. The van der Waals surface area contributed by atoms with Crippen LogP contribution in [-0.2, 0) is 28.8 Å². The first-order valence-corrected chi connectivity index (χ1v) is 9.75. The van der Waals surface area contributed by atoms with Crippen molar-refractivity contribution >= 4 is 27.5 Å². The van der Waals surface area contributed by atoms with Crippen molar-refractivity contribution in [3.8, 4) is 0 Å². The van der Waals surface area contributed by atoms with Gasteiger partial charge in [-0.1, -0.05) is 20.8 Å². The van der Waals surface area contributed by atoms with E-state index in [1.807, 2.05) is 6.92 Å². The number of carbonyl (C=O) groups excluding carboxylic acids is 1. The smallest absolute Gasteiger partial charge is 0.306 e. The summed E-state index contributed by atoms with van der Waals surface area (Å²) < 4.78 is 5.01. The van der Waals surface area contributed by atoms with Crippen LogP contribution in [0.1, 0.15) is 56.7 Å². The molecule has 3 nitrogen and oxygen atoms in total. The maximum Gasteiger partial charge on any atom is 0.306 e. The zero-order valence-corrected chi connectivity index (χ0v) is 16.0. The maximum atomic E-state index is 11.5. The highest BCUT2D eigenvalue weighted by Gasteiger charge is 2.29. The molecule has 0 aliphatic heterocycles. The molecule has 1 aliphatic rings. The van der Waals surface area contributed by atoms with E-state index in [1.54, 1.807) is 11.3 Å². The van der Waals surface area contributed by atoms with Crippen LogP contribution in [0.5, 0.6) is 0 Å². The predicted molar refractivity (Wildman–Crippen MR) is 99.5 cm³/mol. The van der Waals surface area contributed by atoms with E-state index >= 15 is 0 Å². The van der Waals surface area contributed by atoms with Crippen LogP contribution in [0.25, 0.3) is 10.2 Å². The van der Waals surface area contributed by atoms with Crippen LogP contribution in [0.15, 0.2) is 12.1 Å². The summed E-state index contributed by atoms with van der Waals surface area (Å²) >= 11 is 1.72. The van der Waals surface area contributed by atoms with E-state index in [9.17, 15) is 4.79 Å². The number of esters is 1. The van der Waals surface area contributed by atoms with Crippen LogP contribution >= 0.6 is 11.3 Å². The van der Waals surface area contributed by atoms with Gasteiger partial charge in [0.15, 0.2) is 0 Å². The van der Waals surface area contributed by atoms with E-state index in [0.29, 0.717) is 18.4 Å². The van der Waals surface area contributed by atoms with E-state index in [0.717, 1.165) is 30.0 Å². The van der Waals surface area contributed by atoms with Crippen LogP contribution in [0.3, 0.4) is 0 Å². The van der Waals surface area contributed by atoms with E-state index in [2.05, 4.69) is 32.9 Å². The zero-order chi connectivity index (χ0) is 17.3. The van der Waals surface area contributed by atoms with Gasteiger partial charge < -0.3 is 4.74 Å². The van der Waals surface area contributed by atoms with Gasteiger partial charge in [-0.3, -0.25) is 4.79 Å². The molecule has 0 spiro atoms. The Morgan fingerprint density at radius 1 is 1.38 bits per heavy atom. The quantitative estimate of drug-likeness (QED) is 0.737. The van der Waals surface area contributed by atoms with Gasteiger partial charge in [-0.15, -0.1) is 11.3 Å². The molecule has 2 heterocycles. The van der Waals surface area contributed by atoms with E-state index in [1.165, 1.54) is 27.9 Å². The fraction of sp³-hybridized carbons (Fsp3) is 0.600. The summed E-state index contributed by atoms with van der Waals surface area (Å²) in [7, 11) is 0. The minimum atomic E-state index is -0.116. The molecule has 1 aliphatic carbocycles. The molecule has 0 saturated heterocycles. The third kappa shape index (κ3) is 3.80. The number of hydrogen-bond donors (Lipinski definition) is 0. The SMILES string of the molecule is CCOC(=O)CCc1cc2cc3c(nc2s1)CCC(C(C)(C)C)C3. The fourth-order valence-corrected chi connectivity index (χ4v) is 4.53. The summed E-state index contributed by atoms with van der Waals surface area (Å²) in [5, 5.41) is 1.23. The third-order valence-corrected chi connectivity index (χ3v) is 6.13. The Kier molecular flexibility index (Phi) is 4.95. The largest absolute Gasteiger partial charge is 0.466 e. The molecule has 0 N–H and O–H groups in total. The number of thiophene rings is 1. The average molecular weight is 346 g/mol. The average Bonchev–Trinajstić information content (AvgIpc) is 2.91. The Labute approximate surface area is 148 Å². The van der Waals surface area contributed by atoms with Crippen molar-refractivity contribution in [1.82, 2.24) is 4.98 Å². The lowest BCUT2D eigenvalue weighted by Gasteiger charge is -2.34. The van der Waals surface area contributed by atoms with Gasteiger partial charge in [0.2, 0.25) is 0 Å². The molecule has 24 heavy (non-hydrogen) atoms. The molecular formula is C20H27NO2S. The summed E-state index contributed by atoms with van der Waals surface area (Å²) in [6, 6.07) is 4.53. The highest BCUT2D eigenvalue weighted by Crippen LogP contribution is 2.38. The van der Waals surface area contributed by atoms with Gasteiger partial charge in [0.1, 0.15) is 4.83 Å². The molecule has 2 aromatic heterocycles. The summed E-state index contributed by atoms with van der Waals surface area (Å²) in [5.41, 5.74) is 3.05. The molecule has 0 radical (unpaired) electrons. The van der Waals surface area contributed by atoms with E-state index in [4.69, 9.17) is 9.72 Å². The lowest BCUT2D eigenvalue weighted by atomic mass is 9.71. The standard InChI is InChI=1S/C20H27NO2S/c1-5-23-18(22)9-7-16-12-14-10-13-11-15(20(2,3)4)6-8-17(13)21-19(14)24-16/h10,12,15H,5-9,11H2,1-4H3. The Morgan fingerprint density at radius 2 is 2.17 bits per heavy atom. The molecule has 0 aromatic carbocycles. The Hall–Kier alpha value is -1.42. The predicted octanol–water partition coefficient (Wildman–Crippen LogP) is 4.94. The molecule has 4 heteroatoms. The molecule has 3 rings (SSSR count). The monoisotopic (exact) mass is 345 g/mol. The number of aryl methyl sites for hydroxylation is 2. The topological polar surface area (TPSA) is 39.2 Å². The van der Waals surface area contributed by atoms with Crippen molar-refractivity contribution in [3.63, 3.8) is 0 Å². The first-order valence-electron chi connectivity index (χ1n) is 8.93. The second-order valence-electron chi connectivity index (χ2n) is 7.81. The second-order valence-corrected chi connectivity index (χ2v) is 8.93. The molecule has 130 valence electrons. The normalized spacial score (nSPS) is 17.8. The van der Waals surface area contributed by atoms with Crippen LogP contribution in [-0.4, -0.2) is 17.6 Å². The summed E-state index contributed by atoms with van der Waals surface area (Å²) in [6.45, 7) is 9.32. The number of carbonyl (C=O) groups is 1. The second kappa shape index (κ2) is 6.83. The molecule has 0 amide bonds. The molecule has 1 atom stereocenters. The summed E-state index contributed by atoms with van der Waals surface area (Å²) in [4.78, 5) is 18.8. The van der Waals surface area contributed by atoms with Crippen molar-refractivity contribution in [2.24, 2.45) is 11.3 Å². The number of hydrogen-bond acceptors (Lipinski definition) is 4. The zero-order valence-electron chi connectivity index (χ0n) is 15.1. The van der Waals surface area contributed by atoms with Crippen molar-refractivity contribution in [3.05, 3.63) is 28.3 Å². The summed E-state index contributed by atoms with van der Waals surface area (Å²) in [5.74, 6) is 0.612. The highest BCUT2D eigenvalue weighted by atomic mass is 32.1. The lowest BCUT2D eigenvalue weighted by molar-refractivity contribution is -0.143. The van der Waals surface area contributed by atoms with Crippen LogP contribution < -0.4 is 0 Å². The minimum absolute atomic E-state index is 0.116. The minimum Gasteiger partial charge on any atom is -0.466 e. The van der Waals surface area contributed by atoms with Crippen molar-refractivity contribution in [2.75, 3.05) is 6.61 Å². The van der Waals surface area contributed by atoms with Gasteiger partial charge in [-0.05, 0) is 61.6 Å². The van der Waals surface area contributed by atoms with E-state index < -0.39 is 0 Å². The first kappa shape index (κ1) is 17.4. The number of nitrogens with zero attached hydrogens (tertiary/aromatic N) is 1. The number of fused-ring (bicyclic) bond motifs is 2. The van der Waals surface area contributed by atoms with Crippen LogP contribution in [0.2, 0.25) is 0 Å². The van der Waals surface area contributed by atoms with Gasteiger partial charge in [-0.2, -0.15) is 0 Å². The number of ether oxygens (including phenoxy) is 1. The molecule has 0 fully saturated rings. The van der Waals surface area contributed by atoms with Crippen molar-refractivity contribution in [1.29, 1.82) is 0 Å². The Bertz CT molecular complexity index is 742. The fourth-order valence-electron chi connectivity index (χ4n) is 3.50. The Balaban J connectivity index is 1.78. The number of rotatable bonds is 4. The molecule has 0 bridgehead atoms. The van der Waals surface area contributed by atoms with Gasteiger partial charge >= 0.3 is 5.97 Å². The van der Waals surface area contributed by atoms with Gasteiger partial charge in [0.25, 0.3) is 0 Å². The first-order chi connectivity index (χ1) is 11.4. The van der Waals surface area contributed by atoms with Crippen LogP contribution in [0.4, 0.5) is 0 Å². The van der Waals surface area contributed by atoms with Crippen molar-refractivity contribution < 1.29 is 9.53 Å². The van der Waals surface area contributed by atoms with Gasteiger partial charge in [0.05, 0.1) is 13.0 Å². The third-order valence-electron chi connectivity index (χ3n) is 5.03. The van der Waals surface area contributed by atoms with E-state index in [-0.39, 0.29) is 5.97 Å².